The number of carbonyl (C=O) groups is 3. The van der Waals surface area contributed by atoms with Gasteiger partial charge in [-0.3, -0.25) is 9.59 Å². The van der Waals surface area contributed by atoms with Gasteiger partial charge in [0, 0.05) is 24.6 Å². The molecule has 0 bridgehead atoms. The highest BCUT2D eigenvalue weighted by molar-refractivity contribution is 5.92. The van der Waals surface area contributed by atoms with Gasteiger partial charge in [-0.2, -0.15) is 0 Å². The van der Waals surface area contributed by atoms with Crippen LogP contribution in [-0.2, 0) is 20.7 Å². The van der Waals surface area contributed by atoms with E-state index in [-0.39, 0.29) is 24.3 Å². The summed E-state index contributed by atoms with van der Waals surface area (Å²) in [6.45, 7) is 7.73. The third kappa shape index (κ3) is 9.97. The normalized spacial score (nSPS) is 15.2. The Kier molecular flexibility index (Phi) is 11.8. The molecule has 0 spiro atoms. The van der Waals surface area contributed by atoms with Gasteiger partial charge in [0.1, 0.15) is 17.7 Å². The molecule has 220 valence electrons. The van der Waals surface area contributed by atoms with E-state index in [9.17, 15) is 14.4 Å². The van der Waals surface area contributed by atoms with Gasteiger partial charge in [0.05, 0.1) is 0 Å². The summed E-state index contributed by atoms with van der Waals surface area (Å²) in [4.78, 5) is 43.0. The summed E-state index contributed by atoms with van der Waals surface area (Å²) in [5.74, 6) is 2.07. The van der Waals surface area contributed by atoms with Crippen LogP contribution in [0, 0.1) is 12.3 Å². The summed E-state index contributed by atoms with van der Waals surface area (Å²) < 4.78 is 5.52. The standard InChI is InChI=1S/C34H45N3O4/c1-6-8-23-37(32(39)29(24-26-15-11-9-12-16-26)36-33(40)41-34(3,4)5)30(27-21-19-25(7-2)20-22-27)31(38)35-28-17-13-10-14-18-28/h2,9,11-12,15-16,19-22,28-30H,6,8,10,13-14,17-18,23-24H2,1,3-5H3,(H,35,38)(H,36,40). The van der Waals surface area contributed by atoms with Crippen molar-refractivity contribution in [3.05, 3.63) is 71.3 Å². The molecular formula is C34H45N3O4. The molecule has 3 rings (SSSR count). The highest BCUT2D eigenvalue weighted by Gasteiger charge is 2.37. The number of hydrogen-bond donors (Lipinski definition) is 2. The van der Waals surface area contributed by atoms with Gasteiger partial charge in [-0.05, 0) is 63.3 Å². The molecule has 7 nitrogen and oxygen atoms in total. The Balaban J connectivity index is 2.01. The summed E-state index contributed by atoms with van der Waals surface area (Å²) >= 11 is 0. The monoisotopic (exact) mass is 559 g/mol. The van der Waals surface area contributed by atoms with Crippen LogP contribution in [0.1, 0.15) is 95.4 Å². The Morgan fingerprint density at radius 2 is 1.68 bits per heavy atom. The molecule has 1 aliphatic rings. The van der Waals surface area contributed by atoms with Crippen LogP contribution < -0.4 is 10.6 Å². The van der Waals surface area contributed by atoms with E-state index in [0.29, 0.717) is 24.1 Å². The number of ether oxygens (including phenoxy) is 1. The smallest absolute Gasteiger partial charge is 0.408 e. The van der Waals surface area contributed by atoms with Gasteiger partial charge < -0.3 is 20.3 Å². The fourth-order valence-electron chi connectivity index (χ4n) is 5.16. The summed E-state index contributed by atoms with van der Waals surface area (Å²) in [7, 11) is 0. The Morgan fingerprint density at radius 1 is 1.02 bits per heavy atom. The minimum absolute atomic E-state index is 0.0758. The molecule has 0 aromatic heterocycles. The average Bonchev–Trinajstić information content (AvgIpc) is 2.94. The lowest BCUT2D eigenvalue weighted by atomic mass is 9.94. The number of alkyl carbamates (subject to hydrolysis) is 1. The van der Waals surface area contributed by atoms with E-state index in [4.69, 9.17) is 11.2 Å². The van der Waals surface area contributed by atoms with Crippen molar-refractivity contribution in [1.82, 2.24) is 15.5 Å². The maximum Gasteiger partial charge on any atom is 0.408 e. The van der Waals surface area contributed by atoms with E-state index in [0.717, 1.165) is 37.7 Å². The first-order valence-corrected chi connectivity index (χ1v) is 14.8. The van der Waals surface area contributed by atoms with Crippen LogP contribution in [0.3, 0.4) is 0 Å². The Labute approximate surface area is 245 Å². The second-order valence-corrected chi connectivity index (χ2v) is 11.8. The molecule has 2 aromatic rings. The fraction of sp³-hybridized carbons (Fsp3) is 0.500. The van der Waals surface area contributed by atoms with Crippen molar-refractivity contribution in [2.75, 3.05) is 6.54 Å². The molecule has 1 fully saturated rings. The summed E-state index contributed by atoms with van der Waals surface area (Å²) in [6, 6.07) is 15.0. The Morgan fingerprint density at radius 3 is 2.27 bits per heavy atom. The zero-order chi connectivity index (χ0) is 29.8. The Bertz CT molecular complexity index is 1180. The largest absolute Gasteiger partial charge is 0.444 e. The predicted molar refractivity (Wildman–Crippen MR) is 162 cm³/mol. The van der Waals surface area contributed by atoms with Crippen molar-refractivity contribution < 1.29 is 19.1 Å². The van der Waals surface area contributed by atoms with Crippen LogP contribution in [0.5, 0.6) is 0 Å². The first-order chi connectivity index (χ1) is 19.6. The summed E-state index contributed by atoms with van der Waals surface area (Å²) in [6.07, 6.45) is 11.9. The maximum atomic E-state index is 14.4. The van der Waals surface area contributed by atoms with Crippen LogP contribution in [0.15, 0.2) is 54.6 Å². The molecule has 41 heavy (non-hydrogen) atoms. The first-order valence-electron chi connectivity index (χ1n) is 14.8. The lowest BCUT2D eigenvalue weighted by Crippen LogP contribution is -2.54. The van der Waals surface area contributed by atoms with Gasteiger partial charge in [-0.15, -0.1) is 6.42 Å². The maximum absolute atomic E-state index is 14.4. The van der Waals surface area contributed by atoms with Crippen molar-refractivity contribution in [2.24, 2.45) is 0 Å². The molecule has 7 heteroatoms. The second kappa shape index (κ2) is 15.3. The third-order valence-corrected chi connectivity index (χ3v) is 7.21. The molecule has 0 aliphatic heterocycles. The number of nitrogens with zero attached hydrogens (tertiary/aromatic N) is 1. The van der Waals surface area contributed by atoms with E-state index in [1.54, 1.807) is 37.8 Å². The topological polar surface area (TPSA) is 87.7 Å². The molecule has 2 aromatic carbocycles. The SMILES string of the molecule is C#Cc1ccc(C(C(=O)NC2CCCCC2)N(CCCC)C(=O)C(Cc2ccccc2)NC(=O)OC(C)(C)C)cc1. The minimum Gasteiger partial charge on any atom is -0.444 e. The predicted octanol–water partition coefficient (Wildman–Crippen LogP) is 5.92. The number of rotatable bonds is 11. The van der Waals surface area contributed by atoms with E-state index in [2.05, 4.69) is 16.6 Å². The zero-order valence-electron chi connectivity index (χ0n) is 24.9. The van der Waals surface area contributed by atoms with Crippen LogP contribution in [0.25, 0.3) is 0 Å². The fourth-order valence-corrected chi connectivity index (χ4v) is 5.16. The lowest BCUT2D eigenvalue weighted by molar-refractivity contribution is -0.143. The minimum atomic E-state index is -0.931. The first kappa shape index (κ1) is 31.7. The lowest BCUT2D eigenvalue weighted by Gasteiger charge is -2.36. The molecule has 1 saturated carbocycles. The van der Waals surface area contributed by atoms with Crippen molar-refractivity contribution >= 4 is 17.9 Å². The Hall–Kier alpha value is -3.79. The third-order valence-electron chi connectivity index (χ3n) is 7.21. The van der Waals surface area contributed by atoms with Gasteiger partial charge in [0.2, 0.25) is 11.8 Å². The molecule has 2 N–H and O–H groups in total. The molecule has 3 amide bonds. The highest BCUT2D eigenvalue weighted by atomic mass is 16.6. The molecule has 0 radical (unpaired) electrons. The summed E-state index contributed by atoms with van der Waals surface area (Å²) in [5.41, 5.74) is 1.53. The number of unbranched alkanes of at least 4 members (excludes halogenated alkanes) is 1. The number of benzene rings is 2. The molecular weight excluding hydrogens is 514 g/mol. The highest BCUT2D eigenvalue weighted by Crippen LogP contribution is 2.26. The molecule has 2 atom stereocenters. The van der Waals surface area contributed by atoms with Gasteiger partial charge in [0.15, 0.2) is 0 Å². The van der Waals surface area contributed by atoms with E-state index in [1.807, 2.05) is 49.4 Å². The molecule has 0 heterocycles. The van der Waals surface area contributed by atoms with Gasteiger partial charge >= 0.3 is 6.09 Å². The van der Waals surface area contributed by atoms with Crippen molar-refractivity contribution in [3.63, 3.8) is 0 Å². The number of carbonyl (C=O) groups excluding carboxylic acids is 3. The molecule has 2 unspecified atom stereocenters. The van der Waals surface area contributed by atoms with Gasteiger partial charge in [0.25, 0.3) is 0 Å². The van der Waals surface area contributed by atoms with E-state index >= 15 is 0 Å². The number of terminal acetylenes is 1. The van der Waals surface area contributed by atoms with Crippen LogP contribution >= 0.6 is 0 Å². The van der Waals surface area contributed by atoms with E-state index in [1.165, 1.54) is 6.42 Å². The van der Waals surface area contributed by atoms with Crippen molar-refractivity contribution in [2.45, 2.75) is 103 Å². The van der Waals surface area contributed by atoms with Gasteiger partial charge in [-0.25, -0.2) is 4.79 Å². The van der Waals surface area contributed by atoms with Crippen molar-refractivity contribution in [1.29, 1.82) is 0 Å². The van der Waals surface area contributed by atoms with Crippen LogP contribution in [-0.4, -0.2) is 47.0 Å². The van der Waals surface area contributed by atoms with Crippen molar-refractivity contribution in [3.8, 4) is 12.3 Å². The molecule has 0 saturated heterocycles. The second-order valence-electron chi connectivity index (χ2n) is 11.8. The number of hydrogen-bond acceptors (Lipinski definition) is 4. The van der Waals surface area contributed by atoms with Gasteiger partial charge in [-0.1, -0.05) is 81.0 Å². The quantitative estimate of drug-likeness (QED) is 0.335. The summed E-state index contributed by atoms with van der Waals surface area (Å²) in [5, 5.41) is 6.05. The van der Waals surface area contributed by atoms with Crippen LogP contribution in [0.4, 0.5) is 4.79 Å². The molecule has 1 aliphatic carbocycles. The van der Waals surface area contributed by atoms with E-state index < -0.39 is 23.8 Å². The average molecular weight is 560 g/mol. The number of amides is 3. The number of nitrogens with one attached hydrogen (secondary N) is 2. The zero-order valence-corrected chi connectivity index (χ0v) is 24.9. The van der Waals surface area contributed by atoms with Crippen LogP contribution in [0.2, 0.25) is 0 Å².